The number of carbonyl (C=O) groups excluding carboxylic acids is 1. The predicted octanol–water partition coefficient (Wildman–Crippen LogP) is 3.29. The number of halogens is 3. The van der Waals surface area contributed by atoms with E-state index in [9.17, 15) is 18.0 Å². The molecule has 3 aromatic rings. The van der Waals surface area contributed by atoms with Crippen LogP contribution in [0.5, 0.6) is 0 Å². The first-order valence-electron chi connectivity index (χ1n) is 4.95. The van der Waals surface area contributed by atoms with Gasteiger partial charge in [0.15, 0.2) is 4.96 Å². The van der Waals surface area contributed by atoms with Gasteiger partial charge in [0.25, 0.3) is 5.78 Å². The van der Waals surface area contributed by atoms with Crippen LogP contribution in [0.1, 0.15) is 10.5 Å². The molecule has 3 nitrogen and oxygen atoms in total. The average Bonchev–Trinajstić information content (AvgIpc) is 2.84. The van der Waals surface area contributed by atoms with E-state index in [-0.39, 0.29) is 0 Å². The Labute approximate surface area is 102 Å². The van der Waals surface area contributed by atoms with Gasteiger partial charge in [-0.2, -0.15) is 13.2 Å². The number of ketones is 1. The second-order valence-electron chi connectivity index (χ2n) is 3.66. The standard InChI is InChI=1S/C11H5F3N2OS/c12-11(13,14)9(17)7-5-15-10-16(7)6-3-1-2-4-8(6)18-10/h1-5H. The molecule has 2 aromatic heterocycles. The molecule has 0 spiro atoms. The van der Waals surface area contributed by atoms with E-state index >= 15 is 0 Å². The van der Waals surface area contributed by atoms with Crippen molar-refractivity contribution in [2.75, 3.05) is 0 Å². The summed E-state index contributed by atoms with van der Waals surface area (Å²) in [5.41, 5.74) is 0.109. The molecule has 0 saturated carbocycles. The third-order valence-electron chi connectivity index (χ3n) is 2.53. The molecule has 0 atom stereocenters. The lowest BCUT2D eigenvalue weighted by Crippen LogP contribution is -2.24. The van der Waals surface area contributed by atoms with Gasteiger partial charge in [0.05, 0.1) is 16.4 Å². The molecule has 0 saturated heterocycles. The molecular formula is C11H5F3N2OS. The van der Waals surface area contributed by atoms with Crippen LogP contribution in [0.2, 0.25) is 0 Å². The van der Waals surface area contributed by atoms with Gasteiger partial charge < -0.3 is 0 Å². The van der Waals surface area contributed by atoms with E-state index in [2.05, 4.69) is 4.98 Å². The first-order valence-corrected chi connectivity index (χ1v) is 5.76. The molecule has 0 fully saturated rings. The van der Waals surface area contributed by atoms with Crippen molar-refractivity contribution < 1.29 is 18.0 Å². The third-order valence-corrected chi connectivity index (χ3v) is 3.56. The molecule has 18 heavy (non-hydrogen) atoms. The second-order valence-corrected chi connectivity index (χ2v) is 4.67. The highest BCUT2D eigenvalue weighted by Gasteiger charge is 2.41. The Kier molecular flexibility index (Phi) is 2.21. The number of para-hydroxylation sites is 1. The molecule has 3 rings (SSSR count). The quantitative estimate of drug-likeness (QED) is 0.636. The molecule has 1 aromatic carbocycles. The average molecular weight is 270 g/mol. The molecule has 0 aliphatic carbocycles. The molecular weight excluding hydrogens is 265 g/mol. The number of hydrogen-bond acceptors (Lipinski definition) is 3. The van der Waals surface area contributed by atoms with Gasteiger partial charge in [-0.05, 0) is 12.1 Å². The summed E-state index contributed by atoms with van der Waals surface area (Å²) in [5.74, 6) is -1.88. The highest BCUT2D eigenvalue weighted by atomic mass is 32.1. The molecule has 0 unspecified atom stereocenters. The Hall–Kier alpha value is -1.89. The largest absolute Gasteiger partial charge is 0.456 e. The third kappa shape index (κ3) is 1.51. The maximum Gasteiger partial charge on any atom is 0.456 e. The van der Waals surface area contributed by atoms with E-state index in [0.29, 0.717) is 10.5 Å². The molecule has 0 amide bonds. The first-order chi connectivity index (χ1) is 8.48. The van der Waals surface area contributed by atoms with Crippen LogP contribution in [0.15, 0.2) is 30.5 Å². The summed E-state index contributed by atoms with van der Waals surface area (Å²) in [6, 6.07) is 6.92. The number of nitrogens with zero attached hydrogens (tertiary/aromatic N) is 2. The highest BCUT2D eigenvalue weighted by Crippen LogP contribution is 2.29. The van der Waals surface area contributed by atoms with Crippen molar-refractivity contribution in [1.82, 2.24) is 9.38 Å². The Morgan fingerprint density at radius 3 is 2.72 bits per heavy atom. The summed E-state index contributed by atoms with van der Waals surface area (Å²) in [7, 11) is 0. The van der Waals surface area contributed by atoms with Crippen LogP contribution in [0.4, 0.5) is 13.2 Å². The number of aromatic nitrogens is 2. The van der Waals surface area contributed by atoms with Gasteiger partial charge in [0.1, 0.15) is 5.69 Å². The van der Waals surface area contributed by atoms with Crippen molar-refractivity contribution in [3.63, 3.8) is 0 Å². The van der Waals surface area contributed by atoms with Crippen LogP contribution in [-0.2, 0) is 0 Å². The molecule has 92 valence electrons. The van der Waals surface area contributed by atoms with Crippen LogP contribution in [0.3, 0.4) is 0 Å². The van der Waals surface area contributed by atoms with Crippen molar-refractivity contribution >= 4 is 32.3 Å². The fourth-order valence-corrected chi connectivity index (χ4v) is 2.77. The lowest BCUT2D eigenvalue weighted by atomic mass is 10.3. The van der Waals surface area contributed by atoms with Gasteiger partial charge in [0.2, 0.25) is 0 Å². The van der Waals surface area contributed by atoms with E-state index in [4.69, 9.17) is 0 Å². The van der Waals surface area contributed by atoms with Gasteiger partial charge in [-0.15, -0.1) is 0 Å². The summed E-state index contributed by atoms with van der Waals surface area (Å²) < 4.78 is 39.4. The summed E-state index contributed by atoms with van der Waals surface area (Å²) in [4.78, 5) is 15.5. The van der Waals surface area contributed by atoms with Gasteiger partial charge in [-0.25, -0.2) is 4.98 Å². The lowest BCUT2D eigenvalue weighted by molar-refractivity contribution is -0.0888. The lowest BCUT2D eigenvalue weighted by Gasteiger charge is -2.03. The maximum atomic E-state index is 12.5. The first kappa shape index (κ1) is 11.2. The predicted molar refractivity (Wildman–Crippen MR) is 61.0 cm³/mol. The van der Waals surface area contributed by atoms with Crippen molar-refractivity contribution in [2.45, 2.75) is 6.18 Å². The zero-order chi connectivity index (χ0) is 12.9. The minimum Gasteiger partial charge on any atom is -0.282 e. The van der Waals surface area contributed by atoms with Crippen LogP contribution in [0.25, 0.3) is 15.2 Å². The van der Waals surface area contributed by atoms with Crippen LogP contribution in [-0.4, -0.2) is 21.3 Å². The molecule has 0 radical (unpaired) electrons. The number of thiazole rings is 1. The molecule has 7 heteroatoms. The second kappa shape index (κ2) is 3.55. The van der Waals surface area contributed by atoms with E-state index in [0.717, 1.165) is 10.9 Å². The number of fused-ring (bicyclic) bond motifs is 3. The minimum absolute atomic E-state index is 0.379. The fraction of sp³-hybridized carbons (Fsp3) is 0.0909. The zero-order valence-corrected chi connectivity index (χ0v) is 9.55. The van der Waals surface area contributed by atoms with Gasteiger partial charge in [-0.3, -0.25) is 9.20 Å². The normalized spacial score (nSPS) is 12.4. The Balaban J connectivity index is 2.34. The van der Waals surface area contributed by atoms with E-state index < -0.39 is 17.7 Å². The van der Waals surface area contributed by atoms with E-state index in [1.54, 1.807) is 24.3 Å². The van der Waals surface area contributed by atoms with E-state index in [1.807, 2.05) is 0 Å². The zero-order valence-electron chi connectivity index (χ0n) is 8.73. The number of hydrogen-bond donors (Lipinski definition) is 0. The van der Waals surface area contributed by atoms with Crippen molar-refractivity contribution in [3.8, 4) is 0 Å². The number of carbonyl (C=O) groups is 1. The Morgan fingerprint density at radius 1 is 1.28 bits per heavy atom. The highest BCUT2D eigenvalue weighted by molar-refractivity contribution is 7.23. The number of alkyl halides is 3. The summed E-state index contributed by atoms with van der Waals surface area (Å²) in [6.45, 7) is 0. The number of rotatable bonds is 1. The summed E-state index contributed by atoms with van der Waals surface area (Å²) in [5, 5.41) is 0. The summed E-state index contributed by atoms with van der Waals surface area (Å²) in [6.07, 6.45) is -3.92. The molecule has 0 N–H and O–H groups in total. The van der Waals surface area contributed by atoms with Crippen LogP contribution in [0, 0.1) is 0 Å². The molecule has 0 bridgehead atoms. The minimum atomic E-state index is -4.89. The topological polar surface area (TPSA) is 34.4 Å². The van der Waals surface area contributed by atoms with Gasteiger partial charge >= 0.3 is 6.18 Å². The van der Waals surface area contributed by atoms with Crippen LogP contribution >= 0.6 is 11.3 Å². The monoisotopic (exact) mass is 270 g/mol. The SMILES string of the molecule is O=C(c1cnc2sc3ccccc3n12)C(F)(F)F. The Bertz CT molecular complexity index is 756. The van der Waals surface area contributed by atoms with Crippen molar-refractivity contribution in [1.29, 1.82) is 0 Å². The van der Waals surface area contributed by atoms with Gasteiger partial charge in [0, 0.05) is 0 Å². The van der Waals surface area contributed by atoms with Crippen LogP contribution < -0.4 is 0 Å². The fourth-order valence-electron chi connectivity index (χ4n) is 1.77. The summed E-state index contributed by atoms with van der Waals surface area (Å²) >= 11 is 1.24. The van der Waals surface area contributed by atoms with E-state index in [1.165, 1.54) is 15.7 Å². The van der Waals surface area contributed by atoms with Gasteiger partial charge in [-0.1, -0.05) is 23.5 Å². The maximum absolute atomic E-state index is 12.5. The number of Topliss-reactive ketones (excluding diaryl/α,β-unsaturated/α-hetero) is 1. The number of imidazole rings is 1. The number of benzene rings is 1. The Morgan fingerprint density at radius 2 is 2.00 bits per heavy atom. The van der Waals surface area contributed by atoms with Crippen molar-refractivity contribution in [2.24, 2.45) is 0 Å². The molecule has 0 aliphatic heterocycles. The molecule has 0 aliphatic rings. The molecule has 2 heterocycles. The van der Waals surface area contributed by atoms with Crippen molar-refractivity contribution in [3.05, 3.63) is 36.2 Å². The smallest absolute Gasteiger partial charge is 0.282 e.